The number of aliphatic hydroxyl groups excluding tert-OH is 1. The van der Waals surface area contributed by atoms with Crippen molar-refractivity contribution in [3.63, 3.8) is 0 Å². The van der Waals surface area contributed by atoms with Gasteiger partial charge >= 0.3 is 0 Å². The summed E-state index contributed by atoms with van der Waals surface area (Å²) in [5.41, 5.74) is 8.50. The van der Waals surface area contributed by atoms with Gasteiger partial charge in [-0.25, -0.2) is 0 Å². The van der Waals surface area contributed by atoms with Crippen LogP contribution in [0.25, 0.3) is 0 Å². The number of amides is 1. The lowest BCUT2D eigenvalue weighted by Crippen LogP contribution is -2.23. The van der Waals surface area contributed by atoms with E-state index in [9.17, 15) is 9.90 Å². The summed E-state index contributed by atoms with van der Waals surface area (Å²) in [6.45, 7) is 1.29. The summed E-state index contributed by atoms with van der Waals surface area (Å²) in [5, 5.41) is 16.9. The van der Waals surface area contributed by atoms with E-state index >= 15 is 0 Å². The van der Waals surface area contributed by atoms with E-state index in [1.807, 2.05) is 54.6 Å². The van der Waals surface area contributed by atoms with Crippen molar-refractivity contribution in [2.45, 2.75) is 25.0 Å². The molecule has 3 rings (SSSR count). The molecule has 1 aliphatic heterocycles. The SMILES string of the molecule is NC1=NC(CC(=O)Nc2ccc(CCNC[C@H](O)c3ccccc3)cc2)CS1. The molecule has 0 saturated carbocycles. The van der Waals surface area contributed by atoms with Crippen molar-refractivity contribution in [2.75, 3.05) is 24.2 Å². The molecule has 2 aromatic rings. The topological polar surface area (TPSA) is 99.7 Å². The second-order valence-corrected chi connectivity index (χ2v) is 7.80. The molecule has 1 amide bonds. The monoisotopic (exact) mass is 398 g/mol. The first-order chi connectivity index (χ1) is 13.6. The van der Waals surface area contributed by atoms with Crippen LogP contribution in [0.15, 0.2) is 59.6 Å². The van der Waals surface area contributed by atoms with E-state index in [4.69, 9.17) is 5.73 Å². The molecule has 0 spiro atoms. The maximum atomic E-state index is 12.1. The van der Waals surface area contributed by atoms with Gasteiger partial charge in [0.2, 0.25) is 5.91 Å². The second kappa shape index (κ2) is 10.3. The number of nitrogens with two attached hydrogens (primary N) is 1. The van der Waals surface area contributed by atoms with Gasteiger partial charge < -0.3 is 21.5 Å². The molecule has 148 valence electrons. The number of aliphatic imine (C=N–C) groups is 1. The Morgan fingerprint density at radius 2 is 1.96 bits per heavy atom. The molecule has 0 fully saturated rings. The molecule has 5 N–H and O–H groups in total. The number of carbonyl (C=O) groups excluding carboxylic acids is 1. The van der Waals surface area contributed by atoms with Crippen LogP contribution < -0.4 is 16.4 Å². The zero-order valence-electron chi connectivity index (χ0n) is 15.7. The maximum Gasteiger partial charge on any atom is 0.226 e. The van der Waals surface area contributed by atoms with Crippen LogP contribution in [-0.2, 0) is 11.2 Å². The largest absolute Gasteiger partial charge is 0.387 e. The highest BCUT2D eigenvalue weighted by molar-refractivity contribution is 8.14. The first-order valence-corrected chi connectivity index (χ1v) is 10.4. The van der Waals surface area contributed by atoms with Gasteiger partial charge in [0.05, 0.1) is 18.6 Å². The predicted molar refractivity (Wildman–Crippen MR) is 116 cm³/mol. The Morgan fingerprint density at radius 1 is 1.21 bits per heavy atom. The first-order valence-electron chi connectivity index (χ1n) is 9.39. The molecular formula is C21H26N4O2S. The summed E-state index contributed by atoms with van der Waals surface area (Å²) in [5.74, 6) is 0.720. The highest BCUT2D eigenvalue weighted by Gasteiger charge is 2.19. The van der Waals surface area contributed by atoms with Gasteiger partial charge in [-0.15, -0.1) is 0 Å². The number of aliphatic hydroxyl groups is 1. The quantitative estimate of drug-likeness (QED) is 0.486. The van der Waals surface area contributed by atoms with Gasteiger partial charge in [0.1, 0.15) is 0 Å². The lowest BCUT2D eigenvalue weighted by molar-refractivity contribution is -0.116. The van der Waals surface area contributed by atoms with Gasteiger partial charge in [-0.2, -0.15) is 0 Å². The maximum absolute atomic E-state index is 12.1. The molecule has 0 aliphatic carbocycles. The summed E-state index contributed by atoms with van der Waals surface area (Å²) in [4.78, 5) is 16.3. The molecule has 7 heteroatoms. The van der Waals surface area contributed by atoms with Crippen molar-refractivity contribution < 1.29 is 9.90 Å². The molecule has 2 atom stereocenters. The Balaban J connectivity index is 1.36. The molecule has 6 nitrogen and oxygen atoms in total. The van der Waals surface area contributed by atoms with Crippen molar-refractivity contribution in [3.8, 4) is 0 Å². The second-order valence-electron chi connectivity index (χ2n) is 6.76. The average Bonchev–Trinajstić information content (AvgIpc) is 3.11. The molecule has 0 saturated heterocycles. The minimum absolute atomic E-state index is 0.0263. The molecule has 28 heavy (non-hydrogen) atoms. The number of carbonyl (C=O) groups is 1. The Morgan fingerprint density at radius 3 is 2.64 bits per heavy atom. The minimum atomic E-state index is -0.503. The van der Waals surface area contributed by atoms with Crippen molar-refractivity contribution in [3.05, 3.63) is 65.7 Å². The van der Waals surface area contributed by atoms with Crippen LogP contribution >= 0.6 is 11.8 Å². The molecule has 2 aromatic carbocycles. The fourth-order valence-electron chi connectivity index (χ4n) is 2.99. The minimum Gasteiger partial charge on any atom is -0.387 e. The zero-order chi connectivity index (χ0) is 19.8. The van der Waals surface area contributed by atoms with Crippen molar-refractivity contribution in [1.82, 2.24) is 5.32 Å². The third-order valence-electron chi connectivity index (χ3n) is 4.50. The Kier molecular flexibility index (Phi) is 7.47. The molecule has 0 bridgehead atoms. The van der Waals surface area contributed by atoms with Crippen molar-refractivity contribution in [2.24, 2.45) is 10.7 Å². The van der Waals surface area contributed by atoms with E-state index in [2.05, 4.69) is 15.6 Å². The smallest absolute Gasteiger partial charge is 0.226 e. The number of benzene rings is 2. The van der Waals surface area contributed by atoms with Crippen molar-refractivity contribution >= 4 is 28.5 Å². The van der Waals surface area contributed by atoms with E-state index in [1.165, 1.54) is 17.3 Å². The Bertz CT molecular complexity index is 796. The van der Waals surface area contributed by atoms with E-state index in [1.54, 1.807) is 0 Å². The van der Waals surface area contributed by atoms with Gasteiger partial charge in [-0.05, 0) is 36.2 Å². The molecule has 1 heterocycles. The number of thioether (sulfide) groups is 1. The number of rotatable bonds is 9. The Hall–Kier alpha value is -2.35. The number of amidine groups is 1. The van der Waals surface area contributed by atoms with E-state index < -0.39 is 6.10 Å². The van der Waals surface area contributed by atoms with Gasteiger partial charge in [-0.1, -0.05) is 54.2 Å². The van der Waals surface area contributed by atoms with E-state index in [0.717, 1.165) is 30.0 Å². The molecule has 0 aromatic heterocycles. The Labute approximate surface area is 169 Å². The number of nitrogens with one attached hydrogen (secondary N) is 2. The third-order valence-corrected chi connectivity index (χ3v) is 5.46. The van der Waals surface area contributed by atoms with Crippen molar-refractivity contribution in [1.29, 1.82) is 0 Å². The molecular weight excluding hydrogens is 372 g/mol. The average molecular weight is 399 g/mol. The van der Waals surface area contributed by atoms with Crippen LogP contribution in [-0.4, -0.2) is 41.1 Å². The van der Waals surface area contributed by atoms with Crippen LogP contribution in [0.5, 0.6) is 0 Å². The van der Waals surface area contributed by atoms with Gasteiger partial charge in [0, 0.05) is 18.0 Å². The van der Waals surface area contributed by atoms with Crippen LogP contribution in [0.4, 0.5) is 5.69 Å². The highest BCUT2D eigenvalue weighted by atomic mass is 32.2. The van der Waals surface area contributed by atoms with Gasteiger partial charge in [0.25, 0.3) is 0 Å². The first kappa shape index (κ1) is 20.4. The molecule has 0 radical (unpaired) electrons. The highest BCUT2D eigenvalue weighted by Crippen LogP contribution is 2.18. The molecule has 1 aliphatic rings. The number of nitrogens with zero attached hydrogens (tertiary/aromatic N) is 1. The number of hydrogen-bond donors (Lipinski definition) is 4. The number of anilines is 1. The standard InChI is InChI=1S/C21H26N4O2S/c22-21-25-18(14-28-21)12-20(27)24-17-8-6-15(7-9-17)10-11-23-13-19(26)16-4-2-1-3-5-16/h1-9,18-19,23,26H,10-14H2,(H2,22,25)(H,24,27)/t18?,19-/m0/s1. The van der Waals surface area contributed by atoms with Crippen LogP contribution in [0.2, 0.25) is 0 Å². The van der Waals surface area contributed by atoms with Crippen LogP contribution in [0.3, 0.4) is 0 Å². The zero-order valence-corrected chi connectivity index (χ0v) is 16.5. The van der Waals surface area contributed by atoms with Crippen LogP contribution in [0.1, 0.15) is 23.7 Å². The summed E-state index contributed by atoms with van der Waals surface area (Å²) < 4.78 is 0. The predicted octanol–water partition coefficient (Wildman–Crippen LogP) is 2.31. The summed E-state index contributed by atoms with van der Waals surface area (Å²) in [6.07, 6.45) is 0.698. The fourth-order valence-corrected chi connectivity index (χ4v) is 3.77. The van der Waals surface area contributed by atoms with Gasteiger partial charge in [-0.3, -0.25) is 9.79 Å². The lowest BCUT2D eigenvalue weighted by Gasteiger charge is -2.12. The third kappa shape index (κ3) is 6.37. The fraction of sp³-hybridized carbons (Fsp3) is 0.333. The summed E-state index contributed by atoms with van der Waals surface area (Å²) in [6, 6.07) is 17.4. The summed E-state index contributed by atoms with van der Waals surface area (Å²) in [7, 11) is 0. The summed E-state index contributed by atoms with van der Waals surface area (Å²) >= 11 is 1.49. The lowest BCUT2D eigenvalue weighted by atomic mass is 10.1. The van der Waals surface area contributed by atoms with E-state index in [0.29, 0.717) is 18.1 Å². The van der Waals surface area contributed by atoms with E-state index in [-0.39, 0.29) is 11.9 Å². The normalized spacial score (nSPS) is 17.2. The molecule has 1 unspecified atom stereocenters. The number of hydrogen-bond acceptors (Lipinski definition) is 6. The van der Waals surface area contributed by atoms with Crippen LogP contribution in [0, 0.1) is 0 Å². The van der Waals surface area contributed by atoms with Gasteiger partial charge in [0.15, 0.2) is 5.17 Å².